The SMILES string of the molecule is C=CN1CCN=C1Cc1ccccc1. The van der Waals surface area contributed by atoms with Crippen LogP contribution in [-0.4, -0.2) is 23.8 Å². The first-order valence-electron chi connectivity index (χ1n) is 4.86. The first-order valence-corrected chi connectivity index (χ1v) is 4.86. The summed E-state index contributed by atoms with van der Waals surface area (Å²) in [4.78, 5) is 6.57. The molecule has 1 aromatic carbocycles. The Morgan fingerprint density at radius 2 is 2.14 bits per heavy atom. The van der Waals surface area contributed by atoms with Crippen LogP contribution in [0.3, 0.4) is 0 Å². The molecule has 0 spiro atoms. The minimum Gasteiger partial charge on any atom is -0.335 e. The first kappa shape index (κ1) is 9.00. The van der Waals surface area contributed by atoms with E-state index in [4.69, 9.17) is 0 Å². The van der Waals surface area contributed by atoms with Crippen molar-refractivity contribution < 1.29 is 0 Å². The van der Waals surface area contributed by atoms with E-state index in [1.165, 1.54) is 5.56 Å². The summed E-state index contributed by atoms with van der Waals surface area (Å²) in [6.07, 6.45) is 2.77. The highest BCUT2D eigenvalue weighted by atomic mass is 15.2. The van der Waals surface area contributed by atoms with E-state index in [2.05, 4.69) is 40.7 Å². The van der Waals surface area contributed by atoms with Crippen LogP contribution in [0.25, 0.3) is 0 Å². The van der Waals surface area contributed by atoms with Gasteiger partial charge in [0.25, 0.3) is 0 Å². The van der Waals surface area contributed by atoms with E-state index in [-0.39, 0.29) is 0 Å². The lowest BCUT2D eigenvalue weighted by Gasteiger charge is -2.14. The number of hydrogen-bond acceptors (Lipinski definition) is 2. The third-order valence-corrected chi connectivity index (χ3v) is 2.39. The summed E-state index contributed by atoms with van der Waals surface area (Å²) in [6.45, 7) is 5.65. The van der Waals surface area contributed by atoms with Crippen molar-refractivity contribution >= 4 is 5.84 Å². The van der Waals surface area contributed by atoms with E-state index < -0.39 is 0 Å². The molecule has 1 heterocycles. The maximum absolute atomic E-state index is 4.45. The van der Waals surface area contributed by atoms with Crippen LogP contribution >= 0.6 is 0 Å². The fourth-order valence-electron chi connectivity index (χ4n) is 1.64. The monoisotopic (exact) mass is 186 g/mol. The largest absolute Gasteiger partial charge is 0.335 e. The molecule has 1 aromatic rings. The molecule has 0 radical (unpaired) electrons. The molecule has 0 bridgehead atoms. The summed E-state index contributed by atoms with van der Waals surface area (Å²) >= 11 is 0. The summed E-state index contributed by atoms with van der Waals surface area (Å²) < 4.78 is 0. The van der Waals surface area contributed by atoms with Gasteiger partial charge in [0.05, 0.1) is 6.54 Å². The quantitative estimate of drug-likeness (QED) is 0.705. The Morgan fingerprint density at radius 3 is 2.86 bits per heavy atom. The van der Waals surface area contributed by atoms with Crippen molar-refractivity contribution in [3.8, 4) is 0 Å². The zero-order valence-corrected chi connectivity index (χ0v) is 8.19. The standard InChI is InChI=1S/C12H14N2/c1-2-14-9-8-13-12(14)10-11-6-4-3-5-7-11/h2-7H,1,8-10H2. The third kappa shape index (κ3) is 1.84. The number of hydrogen-bond donors (Lipinski definition) is 0. The van der Waals surface area contributed by atoms with Crippen LogP contribution in [0.5, 0.6) is 0 Å². The number of nitrogens with zero attached hydrogens (tertiary/aromatic N) is 2. The van der Waals surface area contributed by atoms with Gasteiger partial charge < -0.3 is 4.90 Å². The second-order valence-electron chi connectivity index (χ2n) is 3.34. The van der Waals surface area contributed by atoms with E-state index in [1.807, 2.05) is 12.3 Å². The molecular weight excluding hydrogens is 172 g/mol. The molecule has 0 amide bonds. The van der Waals surface area contributed by atoms with Crippen LogP contribution in [0.4, 0.5) is 0 Å². The summed E-state index contributed by atoms with van der Waals surface area (Å²) in [5, 5.41) is 0. The summed E-state index contributed by atoms with van der Waals surface area (Å²) in [5.74, 6) is 1.13. The molecule has 2 nitrogen and oxygen atoms in total. The average Bonchev–Trinajstić information content (AvgIpc) is 2.67. The average molecular weight is 186 g/mol. The Labute approximate surface area is 84.6 Å². The topological polar surface area (TPSA) is 15.6 Å². The van der Waals surface area contributed by atoms with Crippen LogP contribution in [0.2, 0.25) is 0 Å². The molecule has 0 saturated heterocycles. The van der Waals surface area contributed by atoms with Crippen molar-refractivity contribution in [2.24, 2.45) is 4.99 Å². The van der Waals surface area contributed by atoms with Crippen molar-refractivity contribution in [3.05, 3.63) is 48.7 Å². The Balaban J connectivity index is 2.08. The van der Waals surface area contributed by atoms with Gasteiger partial charge in [0.15, 0.2) is 0 Å². The molecule has 0 saturated carbocycles. The second-order valence-corrected chi connectivity index (χ2v) is 3.34. The summed E-state index contributed by atoms with van der Waals surface area (Å²) in [7, 11) is 0. The highest BCUT2D eigenvalue weighted by Gasteiger charge is 2.13. The predicted octanol–water partition coefficient (Wildman–Crippen LogP) is 2.09. The van der Waals surface area contributed by atoms with Gasteiger partial charge in [-0.05, 0) is 11.8 Å². The van der Waals surface area contributed by atoms with Crippen LogP contribution < -0.4 is 0 Å². The summed E-state index contributed by atoms with van der Waals surface area (Å²) in [6, 6.07) is 10.4. The highest BCUT2D eigenvalue weighted by molar-refractivity contribution is 5.86. The number of rotatable bonds is 3. The van der Waals surface area contributed by atoms with Crippen molar-refractivity contribution in [3.63, 3.8) is 0 Å². The molecule has 2 rings (SSSR count). The Kier molecular flexibility index (Phi) is 2.63. The number of amidine groups is 1. The van der Waals surface area contributed by atoms with Crippen LogP contribution in [0.1, 0.15) is 5.56 Å². The summed E-state index contributed by atoms with van der Waals surface area (Å²) in [5.41, 5.74) is 1.31. The number of aliphatic imine (C=N–C) groups is 1. The van der Waals surface area contributed by atoms with Crippen LogP contribution in [-0.2, 0) is 6.42 Å². The maximum Gasteiger partial charge on any atom is 0.107 e. The lowest BCUT2D eigenvalue weighted by atomic mass is 10.1. The van der Waals surface area contributed by atoms with Gasteiger partial charge in [-0.3, -0.25) is 4.99 Å². The van der Waals surface area contributed by atoms with E-state index in [0.717, 1.165) is 25.3 Å². The van der Waals surface area contributed by atoms with Gasteiger partial charge >= 0.3 is 0 Å². The lowest BCUT2D eigenvalue weighted by Crippen LogP contribution is -2.22. The smallest absolute Gasteiger partial charge is 0.107 e. The fourth-order valence-corrected chi connectivity index (χ4v) is 1.64. The van der Waals surface area contributed by atoms with Crippen molar-refractivity contribution in [1.29, 1.82) is 0 Å². The molecule has 0 N–H and O–H groups in total. The fraction of sp³-hybridized carbons (Fsp3) is 0.250. The third-order valence-electron chi connectivity index (χ3n) is 2.39. The number of benzene rings is 1. The molecule has 2 heteroatoms. The van der Waals surface area contributed by atoms with E-state index in [1.54, 1.807) is 0 Å². The Morgan fingerprint density at radius 1 is 1.36 bits per heavy atom. The highest BCUT2D eigenvalue weighted by Crippen LogP contribution is 2.08. The minimum absolute atomic E-state index is 0.897. The van der Waals surface area contributed by atoms with Crippen LogP contribution in [0, 0.1) is 0 Å². The molecule has 72 valence electrons. The van der Waals surface area contributed by atoms with Gasteiger partial charge in [-0.25, -0.2) is 0 Å². The van der Waals surface area contributed by atoms with E-state index in [9.17, 15) is 0 Å². The predicted molar refractivity (Wildman–Crippen MR) is 59.4 cm³/mol. The molecular formula is C12H14N2. The molecule has 0 aromatic heterocycles. The van der Waals surface area contributed by atoms with Gasteiger partial charge in [0, 0.05) is 13.0 Å². The lowest BCUT2D eigenvalue weighted by molar-refractivity contribution is 0.605. The van der Waals surface area contributed by atoms with E-state index in [0.29, 0.717) is 0 Å². The molecule has 0 fully saturated rings. The van der Waals surface area contributed by atoms with Crippen LogP contribution in [0.15, 0.2) is 48.1 Å². The molecule has 1 aliphatic rings. The molecule has 14 heavy (non-hydrogen) atoms. The zero-order chi connectivity index (χ0) is 9.80. The van der Waals surface area contributed by atoms with Gasteiger partial charge in [0.2, 0.25) is 0 Å². The van der Waals surface area contributed by atoms with Gasteiger partial charge in [-0.2, -0.15) is 0 Å². The van der Waals surface area contributed by atoms with Gasteiger partial charge in [0.1, 0.15) is 5.84 Å². The van der Waals surface area contributed by atoms with Crippen molar-refractivity contribution in [1.82, 2.24) is 4.90 Å². The molecule has 1 aliphatic heterocycles. The molecule has 0 unspecified atom stereocenters. The molecule has 0 atom stereocenters. The minimum atomic E-state index is 0.897. The molecule has 0 aliphatic carbocycles. The van der Waals surface area contributed by atoms with Crippen molar-refractivity contribution in [2.45, 2.75) is 6.42 Å². The second kappa shape index (κ2) is 4.09. The Bertz CT molecular complexity index is 341. The zero-order valence-electron chi connectivity index (χ0n) is 8.19. The van der Waals surface area contributed by atoms with Gasteiger partial charge in [-0.15, -0.1) is 0 Å². The Hall–Kier alpha value is -1.57. The van der Waals surface area contributed by atoms with Crippen molar-refractivity contribution in [2.75, 3.05) is 13.1 Å². The van der Waals surface area contributed by atoms with Gasteiger partial charge in [-0.1, -0.05) is 36.9 Å². The first-order chi connectivity index (χ1) is 6.90. The van der Waals surface area contributed by atoms with E-state index >= 15 is 0 Å². The maximum atomic E-state index is 4.45. The normalized spacial score (nSPS) is 15.4.